The van der Waals surface area contributed by atoms with Crippen LogP contribution in [-0.4, -0.2) is 23.7 Å². The fourth-order valence-corrected chi connectivity index (χ4v) is 2.69. The average molecular weight is 250 g/mol. The maximum Gasteiger partial charge on any atom is 0.349 e. The molecule has 4 nitrogen and oxygen atoms in total. The molecule has 1 heterocycles. The molecule has 1 aromatic carbocycles. The van der Waals surface area contributed by atoms with E-state index in [0.717, 1.165) is 16.0 Å². The molecular formula is C12H10O4S. The molecule has 0 aliphatic heterocycles. The highest BCUT2D eigenvalue weighted by molar-refractivity contribution is 7.21. The van der Waals surface area contributed by atoms with Gasteiger partial charge in [0.2, 0.25) is 0 Å². The van der Waals surface area contributed by atoms with Crippen LogP contribution in [0.5, 0.6) is 0 Å². The summed E-state index contributed by atoms with van der Waals surface area (Å²) in [5, 5.41) is 9.75. The number of carbonyl (C=O) groups excluding carboxylic acids is 1. The van der Waals surface area contributed by atoms with Gasteiger partial charge >= 0.3 is 11.9 Å². The fraction of sp³-hybridized carbons (Fsp3) is 0.167. The van der Waals surface area contributed by atoms with E-state index < -0.39 is 11.9 Å². The molecule has 2 aromatic rings. The van der Waals surface area contributed by atoms with Crippen LogP contribution in [-0.2, 0) is 4.74 Å². The van der Waals surface area contributed by atoms with Gasteiger partial charge < -0.3 is 9.84 Å². The van der Waals surface area contributed by atoms with Gasteiger partial charge in [0.05, 0.1) is 12.2 Å². The molecule has 2 rings (SSSR count). The molecule has 17 heavy (non-hydrogen) atoms. The Hall–Kier alpha value is -1.88. The highest BCUT2D eigenvalue weighted by Crippen LogP contribution is 2.31. The minimum absolute atomic E-state index is 0.0315. The zero-order valence-corrected chi connectivity index (χ0v) is 9.91. The predicted octanol–water partition coefficient (Wildman–Crippen LogP) is 2.78. The first kappa shape index (κ1) is 11.6. The van der Waals surface area contributed by atoms with Crippen molar-refractivity contribution >= 4 is 33.4 Å². The third-order valence-electron chi connectivity index (χ3n) is 2.27. The summed E-state index contributed by atoms with van der Waals surface area (Å²) < 4.78 is 5.63. The van der Waals surface area contributed by atoms with E-state index in [1.807, 2.05) is 0 Å². The van der Waals surface area contributed by atoms with Crippen LogP contribution in [0.15, 0.2) is 24.3 Å². The summed E-state index contributed by atoms with van der Waals surface area (Å²) in [5.41, 5.74) is 0.0315. The third-order valence-corrected chi connectivity index (χ3v) is 3.42. The van der Waals surface area contributed by atoms with Crippen molar-refractivity contribution in [2.75, 3.05) is 6.61 Å². The summed E-state index contributed by atoms with van der Waals surface area (Å²) in [6.07, 6.45) is 0. The van der Waals surface area contributed by atoms with E-state index in [0.29, 0.717) is 5.39 Å². The largest absolute Gasteiger partial charge is 0.478 e. The summed E-state index contributed by atoms with van der Waals surface area (Å²) in [6.45, 7) is 1.91. The Kier molecular flexibility index (Phi) is 3.10. The number of carboxylic acid groups (broad SMARTS) is 1. The van der Waals surface area contributed by atoms with Gasteiger partial charge in [-0.2, -0.15) is 0 Å². The normalized spacial score (nSPS) is 10.4. The number of hydrogen-bond donors (Lipinski definition) is 1. The lowest BCUT2D eigenvalue weighted by Crippen LogP contribution is -2.08. The van der Waals surface area contributed by atoms with Gasteiger partial charge in [0.25, 0.3) is 0 Å². The number of carbonyl (C=O) groups is 2. The number of ether oxygens (including phenoxy) is 1. The summed E-state index contributed by atoms with van der Waals surface area (Å²) in [6, 6.07) is 7.03. The Morgan fingerprint density at radius 1 is 1.35 bits per heavy atom. The molecule has 5 heteroatoms. The van der Waals surface area contributed by atoms with E-state index in [1.165, 1.54) is 0 Å². The minimum Gasteiger partial charge on any atom is -0.478 e. The second-order valence-corrected chi connectivity index (χ2v) is 4.38. The first-order chi connectivity index (χ1) is 8.15. The smallest absolute Gasteiger partial charge is 0.349 e. The lowest BCUT2D eigenvalue weighted by molar-refractivity contribution is 0.0521. The van der Waals surface area contributed by atoms with E-state index in [1.54, 1.807) is 31.2 Å². The summed E-state index contributed by atoms with van der Waals surface area (Å²) in [4.78, 5) is 23.0. The molecule has 0 spiro atoms. The van der Waals surface area contributed by atoms with Gasteiger partial charge in [0.1, 0.15) is 4.88 Å². The molecule has 0 saturated heterocycles. The molecule has 0 unspecified atom stereocenters. The monoisotopic (exact) mass is 250 g/mol. The Labute approximate surface area is 101 Å². The molecule has 0 aliphatic rings. The highest BCUT2D eigenvalue weighted by Gasteiger charge is 2.23. The molecule has 0 aliphatic carbocycles. The number of carboxylic acids is 1. The molecule has 0 fully saturated rings. The van der Waals surface area contributed by atoms with Crippen molar-refractivity contribution in [2.24, 2.45) is 0 Å². The van der Waals surface area contributed by atoms with Gasteiger partial charge in [-0.3, -0.25) is 0 Å². The maximum atomic E-state index is 11.7. The van der Waals surface area contributed by atoms with Crippen molar-refractivity contribution in [1.29, 1.82) is 0 Å². The van der Waals surface area contributed by atoms with Crippen molar-refractivity contribution in [3.63, 3.8) is 0 Å². The number of aromatic carboxylic acids is 1. The van der Waals surface area contributed by atoms with Crippen molar-refractivity contribution in [3.05, 3.63) is 34.7 Å². The van der Waals surface area contributed by atoms with E-state index >= 15 is 0 Å². The first-order valence-electron chi connectivity index (χ1n) is 5.07. The van der Waals surface area contributed by atoms with Crippen LogP contribution in [0.25, 0.3) is 10.1 Å². The molecule has 0 saturated carbocycles. The van der Waals surface area contributed by atoms with Crippen molar-refractivity contribution in [3.8, 4) is 0 Å². The Balaban J connectivity index is 2.66. The van der Waals surface area contributed by atoms with Crippen LogP contribution in [0.4, 0.5) is 0 Å². The van der Waals surface area contributed by atoms with E-state index in [9.17, 15) is 9.59 Å². The molecule has 0 atom stereocenters. The Morgan fingerprint density at radius 3 is 2.71 bits per heavy atom. The molecule has 0 amide bonds. The predicted molar refractivity (Wildman–Crippen MR) is 64.7 cm³/mol. The van der Waals surface area contributed by atoms with Gasteiger partial charge in [0.15, 0.2) is 0 Å². The third kappa shape index (κ3) is 2.01. The quantitative estimate of drug-likeness (QED) is 0.851. The number of hydrogen-bond acceptors (Lipinski definition) is 4. The summed E-state index contributed by atoms with van der Waals surface area (Å²) in [7, 11) is 0. The molecule has 1 N–H and O–H groups in total. The molecular weight excluding hydrogens is 240 g/mol. The van der Waals surface area contributed by atoms with E-state index in [4.69, 9.17) is 9.84 Å². The second-order valence-electron chi connectivity index (χ2n) is 3.33. The van der Waals surface area contributed by atoms with Gasteiger partial charge in [-0.05, 0) is 13.0 Å². The minimum atomic E-state index is -1.11. The summed E-state index contributed by atoms with van der Waals surface area (Å²) in [5.74, 6) is -1.68. The van der Waals surface area contributed by atoms with Crippen molar-refractivity contribution in [2.45, 2.75) is 6.92 Å². The van der Waals surface area contributed by atoms with Gasteiger partial charge in [-0.25, -0.2) is 9.59 Å². The van der Waals surface area contributed by atoms with Crippen LogP contribution < -0.4 is 0 Å². The van der Waals surface area contributed by atoms with Gasteiger partial charge in [0, 0.05) is 10.1 Å². The average Bonchev–Trinajstić information content (AvgIpc) is 2.68. The molecule has 0 bridgehead atoms. The Morgan fingerprint density at radius 2 is 2.06 bits per heavy atom. The lowest BCUT2D eigenvalue weighted by atomic mass is 10.1. The number of esters is 1. The van der Waals surface area contributed by atoms with E-state index in [-0.39, 0.29) is 17.0 Å². The standard InChI is InChI=1S/C12H10O4S/c1-2-16-12(15)10-9(11(13)14)7-5-3-4-6-8(7)17-10/h3-6H,2H2,1H3,(H,13,14). The second kappa shape index (κ2) is 4.55. The molecule has 1 aromatic heterocycles. The van der Waals surface area contributed by atoms with Gasteiger partial charge in [-0.15, -0.1) is 11.3 Å². The van der Waals surface area contributed by atoms with Crippen molar-refractivity contribution in [1.82, 2.24) is 0 Å². The number of rotatable bonds is 3. The number of thiophene rings is 1. The van der Waals surface area contributed by atoms with E-state index in [2.05, 4.69) is 0 Å². The Bertz CT molecular complexity index is 585. The molecule has 0 radical (unpaired) electrons. The number of fused-ring (bicyclic) bond motifs is 1. The SMILES string of the molecule is CCOC(=O)c1sc2ccccc2c1C(=O)O. The van der Waals surface area contributed by atoms with Gasteiger partial charge in [-0.1, -0.05) is 18.2 Å². The topological polar surface area (TPSA) is 63.6 Å². The van der Waals surface area contributed by atoms with Crippen molar-refractivity contribution < 1.29 is 19.4 Å². The van der Waals surface area contributed by atoms with Crippen LogP contribution >= 0.6 is 11.3 Å². The zero-order valence-electron chi connectivity index (χ0n) is 9.10. The van der Waals surface area contributed by atoms with Crippen LogP contribution in [0.3, 0.4) is 0 Å². The first-order valence-corrected chi connectivity index (χ1v) is 5.88. The highest BCUT2D eigenvalue weighted by atomic mass is 32.1. The number of benzene rings is 1. The maximum absolute atomic E-state index is 11.7. The van der Waals surface area contributed by atoms with Crippen LogP contribution in [0.2, 0.25) is 0 Å². The lowest BCUT2D eigenvalue weighted by Gasteiger charge is -1.99. The summed E-state index contributed by atoms with van der Waals surface area (Å²) >= 11 is 1.14. The fourth-order valence-electron chi connectivity index (χ4n) is 1.60. The molecule has 88 valence electrons. The van der Waals surface area contributed by atoms with Crippen LogP contribution in [0, 0.1) is 0 Å². The zero-order chi connectivity index (χ0) is 12.4. The van der Waals surface area contributed by atoms with Crippen LogP contribution in [0.1, 0.15) is 27.0 Å².